The SMILES string of the molecule is CCC(CSC)NC(=O)COc1ccccc1C#N. The van der Waals surface area contributed by atoms with Crippen molar-refractivity contribution in [1.82, 2.24) is 5.32 Å². The third-order valence-electron chi connectivity index (χ3n) is 2.59. The molecule has 0 heterocycles. The number of thioether (sulfide) groups is 1. The first-order chi connectivity index (χ1) is 9.21. The van der Waals surface area contributed by atoms with Crippen molar-refractivity contribution in [3.8, 4) is 11.8 Å². The molecule has 1 aromatic rings. The molecule has 1 unspecified atom stereocenters. The van der Waals surface area contributed by atoms with Crippen LogP contribution in [-0.2, 0) is 4.79 Å². The van der Waals surface area contributed by atoms with Gasteiger partial charge in [0.1, 0.15) is 11.8 Å². The third-order valence-corrected chi connectivity index (χ3v) is 3.33. The van der Waals surface area contributed by atoms with Gasteiger partial charge in [-0.05, 0) is 24.8 Å². The molecule has 1 rings (SSSR count). The predicted octanol–water partition coefficient (Wildman–Crippen LogP) is 2.19. The van der Waals surface area contributed by atoms with Crippen LogP contribution in [0.2, 0.25) is 0 Å². The predicted molar refractivity (Wildman–Crippen MR) is 77.3 cm³/mol. The molecule has 102 valence electrons. The van der Waals surface area contributed by atoms with E-state index in [2.05, 4.69) is 5.32 Å². The number of amides is 1. The molecule has 0 spiro atoms. The molecule has 0 aliphatic heterocycles. The van der Waals surface area contributed by atoms with E-state index >= 15 is 0 Å². The molecule has 1 aromatic carbocycles. The van der Waals surface area contributed by atoms with Gasteiger partial charge in [0.2, 0.25) is 0 Å². The summed E-state index contributed by atoms with van der Waals surface area (Å²) in [5, 5.41) is 11.8. The van der Waals surface area contributed by atoms with Crippen LogP contribution in [0.15, 0.2) is 24.3 Å². The monoisotopic (exact) mass is 278 g/mol. The van der Waals surface area contributed by atoms with E-state index in [0.717, 1.165) is 12.2 Å². The number of para-hydroxylation sites is 1. The van der Waals surface area contributed by atoms with Gasteiger partial charge in [0.05, 0.1) is 5.56 Å². The Morgan fingerprint density at radius 1 is 1.53 bits per heavy atom. The number of nitrogens with one attached hydrogen (secondary N) is 1. The largest absolute Gasteiger partial charge is 0.482 e. The van der Waals surface area contributed by atoms with Crippen LogP contribution in [0.3, 0.4) is 0 Å². The summed E-state index contributed by atoms with van der Waals surface area (Å²) in [7, 11) is 0. The minimum Gasteiger partial charge on any atom is -0.482 e. The summed E-state index contributed by atoms with van der Waals surface area (Å²) >= 11 is 1.70. The summed E-state index contributed by atoms with van der Waals surface area (Å²) in [5.41, 5.74) is 0.437. The van der Waals surface area contributed by atoms with Gasteiger partial charge in [-0.2, -0.15) is 17.0 Å². The fourth-order valence-electron chi connectivity index (χ4n) is 1.56. The summed E-state index contributed by atoms with van der Waals surface area (Å²) < 4.78 is 5.37. The van der Waals surface area contributed by atoms with Gasteiger partial charge in [0.15, 0.2) is 6.61 Å². The van der Waals surface area contributed by atoms with E-state index < -0.39 is 0 Å². The van der Waals surface area contributed by atoms with Crippen LogP contribution in [0.5, 0.6) is 5.75 Å². The molecule has 0 saturated heterocycles. The maximum absolute atomic E-state index is 11.7. The van der Waals surface area contributed by atoms with Gasteiger partial charge in [0.25, 0.3) is 5.91 Å². The Labute approximate surface area is 118 Å². The lowest BCUT2D eigenvalue weighted by molar-refractivity contribution is -0.123. The third kappa shape index (κ3) is 5.23. The molecule has 0 aliphatic carbocycles. The molecule has 1 N–H and O–H groups in total. The quantitative estimate of drug-likeness (QED) is 0.830. The zero-order chi connectivity index (χ0) is 14.1. The average molecular weight is 278 g/mol. The summed E-state index contributed by atoms with van der Waals surface area (Å²) in [4.78, 5) is 11.7. The second kappa shape index (κ2) is 8.44. The molecule has 4 nitrogen and oxygen atoms in total. The van der Waals surface area contributed by atoms with Gasteiger partial charge < -0.3 is 10.1 Å². The lowest BCUT2D eigenvalue weighted by atomic mass is 10.2. The summed E-state index contributed by atoms with van der Waals surface area (Å²) in [6, 6.07) is 9.08. The smallest absolute Gasteiger partial charge is 0.258 e. The minimum absolute atomic E-state index is 0.0659. The zero-order valence-corrected chi connectivity index (χ0v) is 12.0. The lowest BCUT2D eigenvalue weighted by Gasteiger charge is -2.16. The maximum atomic E-state index is 11.7. The number of benzene rings is 1. The van der Waals surface area contributed by atoms with Crippen LogP contribution in [0.4, 0.5) is 0 Å². The number of ether oxygens (including phenoxy) is 1. The molecule has 0 radical (unpaired) electrons. The molecular weight excluding hydrogens is 260 g/mol. The topological polar surface area (TPSA) is 62.1 Å². The number of hydrogen-bond acceptors (Lipinski definition) is 4. The highest BCUT2D eigenvalue weighted by Gasteiger charge is 2.11. The van der Waals surface area contributed by atoms with Gasteiger partial charge in [-0.15, -0.1) is 0 Å². The van der Waals surface area contributed by atoms with Crippen molar-refractivity contribution in [2.45, 2.75) is 19.4 Å². The average Bonchev–Trinajstić information content (AvgIpc) is 2.44. The van der Waals surface area contributed by atoms with E-state index in [1.807, 2.05) is 19.2 Å². The second-order valence-corrected chi connectivity index (χ2v) is 4.94. The number of nitriles is 1. The Kier molecular flexibility index (Phi) is 6.83. The molecule has 0 aromatic heterocycles. The number of carbonyl (C=O) groups excluding carboxylic acids is 1. The van der Waals surface area contributed by atoms with E-state index in [-0.39, 0.29) is 18.6 Å². The van der Waals surface area contributed by atoms with Crippen LogP contribution in [0.1, 0.15) is 18.9 Å². The van der Waals surface area contributed by atoms with Gasteiger partial charge >= 0.3 is 0 Å². The van der Waals surface area contributed by atoms with Crippen molar-refractivity contribution in [3.63, 3.8) is 0 Å². The van der Waals surface area contributed by atoms with E-state index in [1.54, 1.807) is 36.0 Å². The number of hydrogen-bond donors (Lipinski definition) is 1. The standard InChI is InChI=1S/C14H18N2O2S/c1-3-12(10-19-2)16-14(17)9-18-13-7-5-4-6-11(13)8-15/h4-7,12H,3,9-10H2,1-2H3,(H,16,17). The molecule has 0 fully saturated rings. The molecule has 1 atom stereocenters. The summed E-state index contributed by atoms with van der Waals surface area (Å²) in [6.45, 7) is 1.97. The van der Waals surface area contributed by atoms with E-state index in [9.17, 15) is 4.79 Å². The molecule has 19 heavy (non-hydrogen) atoms. The highest BCUT2D eigenvalue weighted by atomic mass is 32.2. The van der Waals surface area contributed by atoms with Crippen molar-refractivity contribution in [1.29, 1.82) is 5.26 Å². The maximum Gasteiger partial charge on any atom is 0.258 e. The molecular formula is C14H18N2O2S. The fourth-order valence-corrected chi connectivity index (χ4v) is 2.28. The van der Waals surface area contributed by atoms with E-state index in [4.69, 9.17) is 10.00 Å². The normalized spacial score (nSPS) is 11.4. The Morgan fingerprint density at radius 3 is 2.89 bits per heavy atom. The first kappa shape index (κ1) is 15.4. The summed E-state index contributed by atoms with van der Waals surface area (Å²) in [6.07, 6.45) is 2.90. The van der Waals surface area contributed by atoms with Crippen LogP contribution in [0.25, 0.3) is 0 Å². The lowest BCUT2D eigenvalue weighted by Crippen LogP contribution is -2.39. The van der Waals surface area contributed by atoms with Gasteiger partial charge in [-0.25, -0.2) is 0 Å². The molecule has 0 saturated carbocycles. The van der Waals surface area contributed by atoms with Crippen molar-refractivity contribution in [3.05, 3.63) is 29.8 Å². The van der Waals surface area contributed by atoms with Crippen LogP contribution < -0.4 is 10.1 Å². The fraction of sp³-hybridized carbons (Fsp3) is 0.429. The van der Waals surface area contributed by atoms with Crippen LogP contribution >= 0.6 is 11.8 Å². The number of carbonyl (C=O) groups is 1. The van der Waals surface area contributed by atoms with Crippen molar-refractivity contribution in [2.75, 3.05) is 18.6 Å². The van der Waals surface area contributed by atoms with Gasteiger partial charge in [0, 0.05) is 11.8 Å². The van der Waals surface area contributed by atoms with E-state index in [0.29, 0.717) is 11.3 Å². The van der Waals surface area contributed by atoms with Crippen molar-refractivity contribution >= 4 is 17.7 Å². The Balaban J connectivity index is 2.48. The van der Waals surface area contributed by atoms with Crippen LogP contribution in [0, 0.1) is 11.3 Å². The molecule has 0 aliphatic rings. The highest BCUT2D eigenvalue weighted by molar-refractivity contribution is 7.98. The van der Waals surface area contributed by atoms with Gasteiger partial charge in [-0.3, -0.25) is 4.79 Å². The highest BCUT2D eigenvalue weighted by Crippen LogP contribution is 2.16. The summed E-state index contributed by atoms with van der Waals surface area (Å²) in [5.74, 6) is 1.17. The molecule has 5 heteroatoms. The first-order valence-electron chi connectivity index (χ1n) is 6.11. The zero-order valence-electron chi connectivity index (χ0n) is 11.2. The molecule has 0 bridgehead atoms. The van der Waals surface area contributed by atoms with Crippen LogP contribution in [-0.4, -0.2) is 30.6 Å². The molecule has 1 amide bonds. The second-order valence-electron chi connectivity index (χ2n) is 4.02. The number of nitrogens with zero attached hydrogens (tertiary/aromatic N) is 1. The Morgan fingerprint density at radius 2 is 2.26 bits per heavy atom. The van der Waals surface area contributed by atoms with Crippen molar-refractivity contribution in [2.24, 2.45) is 0 Å². The Bertz CT molecular complexity index is 457. The number of rotatable bonds is 7. The van der Waals surface area contributed by atoms with Gasteiger partial charge in [-0.1, -0.05) is 19.1 Å². The van der Waals surface area contributed by atoms with Crippen molar-refractivity contribution < 1.29 is 9.53 Å². The minimum atomic E-state index is -0.159. The Hall–Kier alpha value is -1.67. The van der Waals surface area contributed by atoms with E-state index in [1.165, 1.54) is 0 Å². The first-order valence-corrected chi connectivity index (χ1v) is 7.50.